The molecule has 18 heavy (non-hydrogen) atoms. The fraction of sp³-hybridized carbons (Fsp3) is 0.417. The van der Waals surface area contributed by atoms with Crippen molar-refractivity contribution in [2.24, 2.45) is 0 Å². The van der Waals surface area contributed by atoms with E-state index in [1.807, 2.05) is 30.0 Å². The van der Waals surface area contributed by atoms with Gasteiger partial charge in [-0.05, 0) is 34.7 Å². The van der Waals surface area contributed by atoms with Crippen LogP contribution in [0.15, 0.2) is 30.6 Å². The van der Waals surface area contributed by atoms with Crippen molar-refractivity contribution in [1.82, 2.24) is 20.2 Å². The van der Waals surface area contributed by atoms with Crippen molar-refractivity contribution in [3.8, 4) is 5.69 Å². The Labute approximate surface area is 110 Å². The molecule has 2 aromatic rings. The van der Waals surface area contributed by atoms with Crippen LogP contribution in [0.2, 0.25) is 0 Å². The number of nitrogens with zero attached hydrogens (tertiary/aromatic N) is 4. The number of hydrogen-bond acceptors (Lipinski definition) is 5. The van der Waals surface area contributed by atoms with E-state index in [9.17, 15) is 0 Å². The molecule has 1 aliphatic rings. The molecule has 0 spiro atoms. The summed E-state index contributed by atoms with van der Waals surface area (Å²) in [4.78, 5) is 0. The third-order valence-electron chi connectivity index (χ3n) is 3.22. The summed E-state index contributed by atoms with van der Waals surface area (Å²) >= 11 is 2.02. The molecule has 0 amide bonds. The second kappa shape index (κ2) is 4.97. The predicted octanol–water partition coefficient (Wildman–Crippen LogP) is 1.97. The van der Waals surface area contributed by atoms with Gasteiger partial charge < -0.3 is 5.32 Å². The monoisotopic (exact) mass is 261 g/mol. The Morgan fingerprint density at radius 2 is 2.28 bits per heavy atom. The summed E-state index contributed by atoms with van der Waals surface area (Å²) in [7, 11) is 0. The van der Waals surface area contributed by atoms with E-state index in [4.69, 9.17) is 0 Å². The fourth-order valence-corrected chi connectivity index (χ4v) is 3.39. The molecule has 1 aromatic heterocycles. The van der Waals surface area contributed by atoms with Crippen molar-refractivity contribution in [3.05, 3.63) is 30.6 Å². The molecule has 0 bridgehead atoms. The minimum atomic E-state index is 0.521. The van der Waals surface area contributed by atoms with E-state index in [0.717, 1.165) is 11.4 Å². The Kier molecular flexibility index (Phi) is 3.19. The van der Waals surface area contributed by atoms with Gasteiger partial charge in [0.1, 0.15) is 6.33 Å². The predicted molar refractivity (Wildman–Crippen MR) is 73.1 cm³/mol. The lowest BCUT2D eigenvalue weighted by Gasteiger charge is -2.19. The average molecular weight is 261 g/mol. The number of nitrogens with one attached hydrogen (secondary N) is 1. The maximum absolute atomic E-state index is 3.95. The van der Waals surface area contributed by atoms with Crippen LogP contribution in [-0.4, -0.2) is 37.3 Å². The highest BCUT2D eigenvalue weighted by Crippen LogP contribution is 2.30. The first-order chi connectivity index (χ1) is 8.84. The molecular weight excluding hydrogens is 246 g/mol. The third-order valence-corrected chi connectivity index (χ3v) is 4.54. The molecule has 0 radical (unpaired) electrons. The molecule has 1 aliphatic heterocycles. The number of benzene rings is 1. The summed E-state index contributed by atoms with van der Waals surface area (Å²) in [5.41, 5.74) is 2.08. The van der Waals surface area contributed by atoms with E-state index in [-0.39, 0.29) is 0 Å². The number of hydrogen-bond donors (Lipinski definition) is 1. The van der Waals surface area contributed by atoms with Gasteiger partial charge in [0.15, 0.2) is 0 Å². The number of rotatable bonds is 3. The van der Waals surface area contributed by atoms with E-state index in [2.05, 4.69) is 33.8 Å². The van der Waals surface area contributed by atoms with Crippen LogP contribution in [0.5, 0.6) is 0 Å². The lowest BCUT2D eigenvalue weighted by atomic mass is 10.1. The van der Waals surface area contributed by atoms with E-state index < -0.39 is 0 Å². The summed E-state index contributed by atoms with van der Waals surface area (Å²) in [5, 5.41) is 15.6. The van der Waals surface area contributed by atoms with Crippen molar-refractivity contribution in [2.45, 2.75) is 24.6 Å². The highest BCUT2D eigenvalue weighted by atomic mass is 32.2. The Morgan fingerprint density at radius 3 is 3.00 bits per heavy atom. The van der Waals surface area contributed by atoms with Gasteiger partial charge in [-0.25, -0.2) is 0 Å². The Morgan fingerprint density at radius 1 is 1.39 bits per heavy atom. The van der Waals surface area contributed by atoms with Gasteiger partial charge >= 0.3 is 0 Å². The molecule has 1 N–H and O–H groups in total. The number of para-hydroxylation sites is 2. The lowest BCUT2D eigenvalue weighted by molar-refractivity contribution is 0.720. The van der Waals surface area contributed by atoms with Crippen molar-refractivity contribution in [1.29, 1.82) is 0 Å². The second-order valence-corrected chi connectivity index (χ2v) is 5.87. The quantitative estimate of drug-likeness (QED) is 0.915. The highest BCUT2D eigenvalue weighted by Gasteiger charge is 2.24. The van der Waals surface area contributed by atoms with Crippen LogP contribution in [-0.2, 0) is 0 Å². The van der Waals surface area contributed by atoms with Crippen molar-refractivity contribution in [3.63, 3.8) is 0 Å². The van der Waals surface area contributed by atoms with Gasteiger partial charge in [-0.3, -0.25) is 0 Å². The molecule has 1 saturated heterocycles. The molecule has 0 saturated carbocycles. The second-order valence-electron chi connectivity index (χ2n) is 4.39. The van der Waals surface area contributed by atoms with Crippen molar-refractivity contribution < 1.29 is 0 Å². The van der Waals surface area contributed by atoms with Crippen LogP contribution in [0.1, 0.15) is 13.3 Å². The molecule has 2 unspecified atom stereocenters. The first-order valence-corrected chi connectivity index (χ1v) is 7.10. The molecule has 0 aliphatic carbocycles. The maximum Gasteiger partial charge on any atom is 0.143 e. The van der Waals surface area contributed by atoms with Gasteiger partial charge in [-0.1, -0.05) is 19.1 Å². The summed E-state index contributed by atoms with van der Waals surface area (Å²) < 4.78 is 1.69. The van der Waals surface area contributed by atoms with E-state index >= 15 is 0 Å². The number of tetrazole rings is 1. The Hall–Kier alpha value is -1.56. The zero-order chi connectivity index (χ0) is 12.4. The van der Waals surface area contributed by atoms with Gasteiger partial charge in [-0.2, -0.15) is 16.4 Å². The molecule has 3 rings (SSSR count). The first-order valence-electron chi connectivity index (χ1n) is 6.05. The first kappa shape index (κ1) is 11.5. The molecule has 2 atom stereocenters. The van der Waals surface area contributed by atoms with Gasteiger partial charge in [0.25, 0.3) is 0 Å². The van der Waals surface area contributed by atoms with Gasteiger partial charge in [0.05, 0.1) is 11.4 Å². The zero-order valence-corrected chi connectivity index (χ0v) is 11.0. The fourth-order valence-electron chi connectivity index (χ4n) is 2.19. The number of anilines is 1. The van der Waals surface area contributed by atoms with Gasteiger partial charge in [-0.15, -0.1) is 5.10 Å². The summed E-state index contributed by atoms with van der Waals surface area (Å²) in [6, 6.07) is 8.64. The minimum absolute atomic E-state index is 0.521. The summed E-state index contributed by atoms with van der Waals surface area (Å²) in [6.07, 6.45) is 2.82. The molecular formula is C12H15N5S. The summed E-state index contributed by atoms with van der Waals surface area (Å²) in [6.45, 7) is 2.27. The molecule has 1 aromatic carbocycles. The summed E-state index contributed by atoms with van der Waals surface area (Å²) in [5.74, 6) is 1.23. The number of thioether (sulfide) groups is 1. The normalized spacial score (nSPS) is 23.2. The van der Waals surface area contributed by atoms with Crippen LogP contribution >= 0.6 is 11.8 Å². The van der Waals surface area contributed by atoms with E-state index in [1.165, 1.54) is 12.2 Å². The molecule has 1 fully saturated rings. The topological polar surface area (TPSA) is 55.6 Å². The van der Waals surface area contributed by atoms with E-state index in [0.29, 0.717) is 11.3 Å². The van der Waals surface area contributed by atoms with Gasteiger partial charge in [0.2, 0.25) is 0 Å². The standard InChI is InChI=1S/C12H15N5S/c1-9-10(6-7-18-9)14-11-4-2-3-5-12(11)17-8-13-15-16-17/h2-5,8-10,14H,6-7H2,1H3. The Balaban J connectivity index is 1.88. The van der Waals surface area contributed by atoms with Crippen molar-refractivity contribution >= 4 is 17.4 Å². The highest BCUT2D eigenvalue weighted by molar-refractivity contribution is 8.00. The lowest BCUT2D eigenvalue weighted by Crippen LogP contribution is -2.25. The van der Waals surface area contributed by atoms with Gasteiger partial charge in [0, 0.05) is 11.3 Å². The SMILES string of the molecule is CC1SCCC1Nc1ccccc1-n1cnnn1. The van der Waals surface area contributed by atoms with Crippen LogP contribution in [0.4, 0.5) is 5.69 Å². The molecule has 6 heteroatoms. The average Bonchev–Trinajstić information content (AvgIpc) is 3.03. The number of aromatic nitrogens is 4. The largest absolute Gasteiger partial charge is 0.379 e. The smallest absolute Gasteiger partial charge is 0.143 e. The van der Waals surface area contributed by atoms with Crippen molar-refractivity contribution in [2.75, 3.05) is 11.1 Å². The molecule has 94 valence electrons. The van der Waals surface area contributed by atoms with Crippen LogP contribution in [0.3, 0.4) is 0 Å². The van der Waals surface area contributed by atoms with Crippen LogP contribution in [0, 0.1) is 0 Å². The zero-order valence-electron chi connectivity index (χ0n) is 10.2. The maximum atomic E-state index is 3.95. The van der Waals surface area contributed by atoms with Crippen LogP contribution < -0.4 is 5.32 Å². The Bertz CT molecular complexity index is 513. The molecule has 5 nitrogen and oxygen atoms in total. The van der Waals surface area contributed by atoms with E-state index in [1.54, 1.807) is 11.0 Å². The molecule has 2 heterocycles. The minimum Gasteiger partial charge on any atom is -0.379 e. The van der Waals surface area contributed by atoms with Crippen LogP contribution in [0.25, 0.3) is 5.69 Å². The third kappa shape index (κ3) is 2.20.